The lowest BCUT2D eigenvalue weighted by molar-refractivity contribution is -0.137. The molecule has 0 saturated carbocycles. The first kappa shape index (κ1) is 14.0. The average molecular weight is 279 g/mol. The van der Waals surface area contributed by atoms with Crippen LogP contribution in [0.15, 0.2) is 24.3 Å². The largest absolute Gasteiger partial charge is 0.418 e. The lowest BCUT2D eigenvalue weighted by atomic mass is 10.1. The van der Waals surface area contributed by atoms with E-state index in [4.69, 9.17) is 11.0 Å². The lowest BCUT2D eigenvalue weighted by Crippen LogP contribution is -2.12. The van der Waals surface area contributed by atoms with Crippen LogP contribution in [0.1, 0.15) is 22.4 Å². The van der Waals surface area contributed by atoms with Crippen LogP contribution in [-0.4, -0.2) is 4.57 Å². The predicted octanol–water partition coefficient (Wildman–Crippen LogP) is 3.57. The van der Waals surface area contributed by atoms with Crippen molar-refractivity contribution < 1.29 is 13.2 Å². The van der Waals surface area contributed by atoms with Crippen molar-refractivity contribution in [1.82, 2.24) is 4.57 Å². The molecule has 1 aromatic heterocycles. The molecule has 104 valence electrons. The minimum absolute atomic E-state index is 0.0270. The standard InChI is InChI=1S/C14H12F3N3/c1-8-9(2)20(13(19)10(8)7-18)12-6-4-3-5-11(12)14(15,16)17/h3-6H,19H2,1-2H3. The second-order valence-electron chi connectivity index (χ2n) is 4.43. The average Bonchev–Trinajstić information content (AvgIpc) is 2.59. The number of anilines is 1. The fraction of sp³-hybridized carbons (Fsp3) is 0.214. The Balaban J connectivity index is 2.81. The predicted molar refractivity (Wildman–Crippen MR) is 69.4 cm³/mol. The molecule has 0 aliphatic rings. The normalized spacial score (nSPS) is 11.4. The maximum atomic E-state index is 13.1. The van der Waals surface area contributed by atoms with E-state index in [0.717, 1.165) is 6.07 Å². The Hall–Kier alpha value is -2.42. The molecule has 0 fully saturated rings. The van der Waals surface area contributed by atoms with E-state index in [1.54, 1.807) is 13.8 Å². The molecule has 0 atom stereocenters. The Morgan fingerprint density at radius 3 is 2.30 bits per heavy atom. The van der Waals surface area contributed by atoms with Crippen LogP contribution in [0.4, 0.5) is 19.0 Å². The molecule has 2 N–H and O–H groups in total. The maximum Gasteiger partial charge on any atom is 0.418 e. The minimum Gasteiger partial charge on any atom is -0.384 e. The quantitative estimate of drug-likeness (QED) is 0.867. The summed E-state index contributed by atoms with van der Waals surface area (Å²) in [5, 5.41) is 9.05. The first-order chi connectivity index (χ1) is 9.29. The molecule has 6 heteroatoms. The van der Waals surface area contributed by atoms with Gasteiger partial charge in [0.25, 0.3) is 0 Å². The summed E-state index contributed by atoms with van der Waals surface area (Å²) in [7, 11) is 0. The first-order valence-electron chi connectivity index (χ1n) is 5.83. The van der Waals surface area contributed by atoms with Gasteiger partial charge in [-0.05, 0) is 31.5 Å². The third-order valence-corrected chi connectivity index (χ3v) is 3.31. The van der Waals surface area contributed by atoms with Gasteiger partial charge in [0.05, 0.1) is 16.8 Å². The van der Waals surface area contributed by atoms with Crippen LogP contribution in [0.5, 0.6) is 0 Å². The van der Waals surface area contributed by atoms with Crippen LogP contribution in [0.25, 0.3) is 5.69 Å². The second kappa shape index (κ2) is 4.60. The highest BCUT2D eigenvalue weighted by atomic mass is 19.4. The van der Waals surface area contributed by atoms with Crippen LogP contribution in [-0.2, 0) is 6.18 Å². The van der Waals surface area contributed by atoms with Gasteiger partial charge < -0.3 is 5.73 Å². The van der Waals surface area contributed by atoms with E-state index in [9.17, 15) is 13.2 Å². The van der Waals surface area contributed by atoms with Crippen molar-refractivity contribution >= 4 is 5.82 Å². The number of halogens is 3. The fourth-order valence-electron chi connectivity index (χ4n) is 2.19. The van der Waals surface area contributed by atoms with E-state index in [-0.39, 0.29) is 17.1 Å². The molecule has 0 spiro atoms. The zero-order chi connectivity index (χ0) is 15.1. The molecule has 0 bridgehead atoms. The van der Waals surface area contributed by atoms with Gasteiger partial charge in [-0.25, -0.2) is 0 Å². The molecule has 2 aromatic rings. The Morgan fingerprint density at radius 2 is 1.80 bits per heavy atom. The topological polar surface area (TPSA) is 54.7 Å². The SMILES string of the molecule is Cc1c(C#N)c(N)n(-c2ccccc2C(F)(F)F)c1C. The first-order valence-corrected chi connectivity index (χ1v) is 5.83. The van der Waals surface area contributed by atoms with Crippen LogP contribution in [0.2, 0.25) is 0 Å². The molecule has 0 aliphatic carbocycles. The van der Waals surface area contributed by atoms with Gasteiger partial charge in [0.1, 0.15) is 11.9 Å². The summed E-state index contributed by atoms with van der Waals surface area (Å²) in [6, 6.07) is 7.08. The number of rotatable bonds is 1. The molecule has 0 aliphatic heterocycles. The minimum atomic E-state index is -4.49. The van der Waals surface area contributed by atoms with Gasteiger partial charge >= 0.3 is 6.18 Å². The number of hydrogen-bond donors (Lipinski definition) is 1. The molecule has 0 saturated heterocycles. The van der Waals surface area contributed by atoms with Crippen molar-refractivity contribution in [2.45, 2.75) is 20.0 Å². The number of nitriles is 1. The van der Waals surface area contributed by atoms with E-state index in [1.807, 2.05) is 6.07 Å². The van der Waals surface area contributed by atoms with Crippen molar-refractivity contribution in [1.29, 1.82) is 5.26 Å². The van der Waals surface area contributed by atoms with Gasteiger partial charge in [-0.15, -0.1) is 0 Å². The molecule has 0 radical (unpaired) electrons. The summed E-state index contributed by atoms with van der Waals surface area (Å²) in [6.45, 7) is 3.30. The van der Waals surface area contributed by atoms with E-state index in [1.165, 1.54) is 22.8 Å². The fourth-order valence-corrected chi connectivity index (χ4v) is 2.19. The van der Waals surface area contributed by atoms with Crippen molar-refractivity contribution in [3.05, 3.63) is 46.6 Å². The highest BCUT2D eigenvalue weighted by Gasteiger charge is 2.34. The number of nitrogens with zero attached hydrogens (tertiary/aromatic N) is 2. The van der Waals surface area contributed by atoms with Crippen LogP contribution in [0.3, 0.4) is 0 Å². The van der Waals surface area contributed by atoms with Gasteiger partial charge in [0.15, 0.2) is 0 Å². The van der Waals surface area contributed by atoms with E-state index in [2.05, 4.69) is 0 Å². The number of benzene rings is 1. The van der Waals surface area contributed by atoms with Crippen LogP contribution in [0, 0.1) is 25.2 Å². The Kier molecular flexibility index (Phi) is 3.22. The van der Waals surface area contributed by atoms with Crippen molar-refractivity contribution in [2.75, 3.05) is 5.73 Å². The molecule has 20 heavy (non-hydrogen) atoms. The van der Waals surface area contributed by atoms with Crippen molar-refractivity contribution in [3.63, 3.8) is 0 Å². The summed E-state index contributed by atoms with van der Waals surface area (Å²) in [4.78, 5) is 0. The number of nitrogen functional groups attached to an aromatic ring is 1. The lowest BCUT2D eigenvalue weighted by Gasteiger charge is -2.16. The van der Waals surface area contributed by atoms with E-state index < -0.39 is 11.7 Å². The highest BCUT2D eigenvalue weighted by Crippen LogP contribution is 2.37. The molecule has 1 heterocycles. The summed E-state index contributed by atoms with van der Waals surface area (Å²) in [5.74, 6) is 0.0270. The third-order valence-electron chi connectivity index (χ3n) is 3.31. The monoisotopic (exact) mass is 279 g/mol. The summed E-state index contributed by atoms with van der Waals surface area (Å²) < 4.78 is 40.5. The van der Waals surface area contributed by atoms with Gasteiger partial charge in [-0.1, -0.05) is 12.1 Å². The zero-order valence-corrected chi connectivity index (χ0v) is 10.9. The van der Waals surface area contributed by atoms with E-state index >= 15 is 0 Å². The van der Waals surface area contributed by atoms with Crippen LogP contribution < -0.4 is 5.73 Å². The maximum absolute atomic E-state index is 13.1. The molecule has 2 rings (SSSR count). The Bertz CT molecular complexity index is 706. The van der Waals surface area contributed by atoms with Gasteiger partial charge in [-0.2, -0.15) is 18.4 Å². The number of aromatic nitrogens is 1. The molecular formula is C14H12F3N3. The summed E-state index contributed by atoms with van der Waals surface area (Å²) >= 11 is 0. The van der Waals surface area contributed by atoms with Gasteiger partial charge in [-0.3, -0.25) is 4.57 Å². The van der Waals surface area contributed by atoms with Gasteiger partial charge in [0.2, 0.25) is 0 Å². The number of para-hydroxylation sites is 1. The molecule has 1 aromatic carbocycles. The smallest absolute Gasteiger partial charge is 0.384 e. The highest BCUT2D eigenvalue weighted by molar-refractivity contribution is 5.63. The Labute approximate surface area is 114 Å². The second-order valence-corrected chi connectivity index (χ2v) is 4.43. The van der Waals surface area contributed by atoms with E-state index in [0.29, 0.717) is 11.3 Å². The molecule has 0 unspecified atom stereocenters. The summed E-state index contributed by atoms with van der Waals surface area (Å²) in [6.07, 6.45) is -4.49. The molecule has 3 nitrogen and oxygen atoms in total. The third kappa shape index (κ3) is 2.01. The van der Waals surface area contributed by atoms with Crippen molar-refractivity contribution in [3.8, 4) is 11.8 Å². The number of alkyl halides is 3. The number of nitrogens with two attached hydrogens (primary N) is 1. The molecule has 0 amide bonds. The Morgan fingerprint density at radius 1 is 1.20 bits per heavy atom. The zero-order valence-electron chi connectivity index (χ0n) is 10.9. The van der Waals surface area contributed by atoms with Gasteiger partial charge in [0, 0.05) is 5.69 Å². The summed E-state index contributed by atoms with van der Waals surface area (Å²) in [5.41, 5.74) is 6.30. The van der Waals surface area contributed by atoms with Crippen molar-refractivity contribution in [2.24, 2.45) is 0 Å². The molecular weight excluding hydrogens is 267 g/mol. The van der Waals surface area contributed by atoms with Crippen LogP contribution >= 0.6 is 0 Å². The number of hydrogen-bond acceptors (Lipinski definition) is 2.